The van der Waals surface area contributed by atoms with Crippen molar-refractivity contribution in [2.24, 2.45) is 5.92 Å². The highest BCUT2D eigenvalue weighted by molar-refractivity contribution is 6.32. The molecule has 5 nitrogen and oxygen atoms in total. The van der Waals surface area contributed by atoms with Gasteiger partial charge in [-0.2, -0.15) is 0 Å². The second kappa shape index (κ2) is 8.96. The summed E-state index contributed by atoms with van der Waals surface area (Å²) >= 11 is 6.36. The Kier molecular flexibility index (Phi) is 6.64. The maximum absolute atomic E-state index is 12.4. The SMILES string of the molecule is CC(C)C(=O)N1CCC(Oc2ccc(C(=O)NC3CCCC3)cc2Cl)CC1. The number of carbonyl (C=O) groups excluding carboxylic acids is 2. The van der Waals surface area contributed by atoms with Gasteiger partial charge in [-0.05, 0) is 31.0 Å². The molecule has 0 aromatic heterocycles. The van der Waals surface area contributed by atoms with Crippen LogP contribution in [0.3, 0.4) is 0 Å². The van der Waals surface area contributed by atoms with Crippen LogP contribution >= 0.6 is 11.6 Å². The van der Waals surface area contributed by atoms with Crippen molar-refractivity contribution in [1.29, 1.82) is 0 Å². The summed E-state index contributed by atoms with van der Waals surface area (Å²) in [7, 11) is 0. The first-order chi connectivity index (χ1) is 12.9. The van der Waals surface area contributed by atoms with Crippen LogP contribution in [0.4, 0.5) is 0 Å². The molecular weight excluding hydrogens is 364 g/mol. The first kappa shape index (κ1) is 20.0. The van der Waals surface area contributed by atoms with Crippen molar-refractivity contribution in [1.82, 2.24) is 10.2 Å². The zero-order chi connectivity index (χ0) is 19.4. The molecule has 1 aromatic carbocycles. The summed E-state index contributed by atoms with van der Waals surface area (Å²) in [6, 6.07) is 5.50. The average molecular weight is 393 g/mol. The lowest BCUT2D eigenvalue weighted by Gasteiger charge is -2.33. The van der Waals surface area contributed by atoms with Crippen molar-refractivity contribution in [2.45, 2.75) is 64.5 Å². The van der Waals surface area contributed by atoms with Crippen LogP contribution in [0, 0.1) is 5.92 Å². The van der Waals surface area contributed by atoms with Gasteiger partial charge in [0.05, 0.1) is 5.02 Å². The van der Waals surface area contributed by atoms with Crippen LogP contribution in [0.2, 0.25) is 5.02 Å². The molecule has 27 heavy (non-hydrogen) atoms. The molecule has 0 bridgehead atoms. The number of rotatable bonds is 5. The average Bonchev–Trinajstić information content (AvgIpc) is 3.16. The molecule has 1 saturated carbocycles. The predicted molar refractivity (Wildman–Crippen MR) is 106 cm³/mol. The van der Waals surface area contributed by atoms with Gasteiger partial charge in [-0.15, -0.1) is 0 Å². The smallest absolute Gasteiger partial charge is 0.251 e. The van der Waals surface area contributed by atoms with Crippen molar-refractivity contribution in [3.05, 3.63) is 28.8 Å². The predicted octanol–water partition coefficient (Wildman–Crippen LogP) is 4.04. The summed E-state index contributed by atoms with van der Waals surface area (Å²) < 4.78 is 6.04. The first-order valence-electron chi connectivity index (χ1n) is 10.00. The molecule has 1 aliphatic carbocycles. The Hall–Kier alpha value is -1.75. The lowest BCUT2D eigenvalue weighted by molar-refractivity contribution is -0.136. The van der Waals surface area contributed by atoms with Crippen LogP contribution in [-0.2, 0) is 4.79 Å². The molecule has 0 atom stereocenters. The molecule has 2 aliphatic rings. The monoisotopic (exact) mass is 392 g/mol. The largest absolute Gasteiger partial charge is 0.489 e. The van der Waals surface area contributed by atoms with Gasteiger partial charge in [0.2, 0.25) is 5.91 Å². The molecule has 1 heterocycles. The zero-order valence-electron chi connectivity index (χ0n) is 16.2. The Morgan fingerprint density at radius 2 is 1.81 bits per heavy atom. The minimum Gasteiger partial charge on any atom is -0.489 e. The van der Waals surface area contributed by atoms with E-state index in [0.29, 0.717) is 29.4 Å². The van der Waals surface area contributed by atoms with Crippen LogP contribution in [0.1, 0.15) is 62.7 Å². The Morgan fingerprint density at radius 3 is 2.41 bits per heavy atom. The number of likely N-dealkylation sites (tertiary alicyclic amines) is 1. The van der Waals surface area contributed by atoms with Gasteiger partial charge < -0.3 is 15.0 Å². The minimum absolute atomic E-state index is 0.0276. The number of piperidine rings is 1. The van der Waals surface area contributed by atoms with Crippen molar-refractivity contribution < 1.29 is 14.3 Å². The van der Waals surface area contributed by atoms with E-state index in [1.807, 2.05) is 18.7 Å². The highest BCUT2D eigenvalue weighted by Gasteiger charge is 2.26. The summed E-state index contributed by atoms with van der Waals surface area (Å²) in [4.78, 5) is 26.3. The maximum atomic E-state index is 12.4. The molecule has 0 unspecified atom stereocenters. The van der Waals surface area contributed by atoms with Crippen molar-refractivity contribution in [2.75, 3.05) is 13.1 Å². The van der Waals surface area contributed by atoms with Gasteiger partial charge in [0.25, 0.3) is 5.91 Å². The number of amides is 2. The number of nitrogens with one attached hydrogen (secondary N) is 1. The molecule has 1 N–H and O–H groups in total. The lowest BCUT2D eigenvalue weighted by Crippen LogP contribution is -2.43. The summed E-state index contributed by atoms with van der Waals surface area (Å²) in [6.07, 6.45) is 6.09. The van der Waals surface area contributed by atoms with Crippen molar-refractivity contribution in [3.63, 3.8) is 0 Å². The number of carbonyl (C=O) groups is 2. The third kappa shape index (κ3) is 5.16. The Bertz CT molecular complexity index is 678. The number of halogens is 1. The topological polar surface area (TPSA) is 58.6 Å². The zero-order valence-corrected chi connectivity index (χ0v) is 16.9. The van der Waals surface area contributed by atoms with E-state index in [9.17, 15) is 9.59 Å². The van der Waals surface area contributed by atoms with Crippen LogP contribution in [0.5, 0.6) is 5.75 Å². The minimum atomic E-state index is -0.0733. The number of nitrogens with zero attached hydrogens (tertiary/aromatic N) is 1. The van der Waals surface area contributed by atoms with Crippen molar-refractivity contribution in [3.8, 4) is 5.75 Å². The molecule has 148 valence electrons. The normalized spacial score (nSPS) is 18.7. The lowest BCUT2D eigenvalue weighted by atomic mass is 10.1. The Balaban J connectivity index is 1.54. The highest BCUT2D eigenvalue weighted by atomic mass is 35.5. The molecule has 0 radical (unpaired) electrons. The van der Waals surface area contributed by atoms with Gasteiger partial charge in [-0.1, -0.05) is 38.3 Å². The quantitative estimate of drug-likeness (QED) is 0.822. The van der Waals surface area contributed by atoms with Crippen LogP contribution in [0.25, 0.3) is 0 Å². The second-order valence-electron chi connectivity index (χ2n) is 7.90. The first-order valence-corrected chi connectivity index (χ1v) is 10.4. The maximum Gasteiger partial charge on any atom is 0.251 e. The third-order valence-electron chi connectivity index (χ3n) is 5.43. The number of benzene rings is 1. The fourth-order valence-electron chi connectivity index (χ4n) is 3.82. The number of hydrogen-bond acceptors (Lipinski definition) is 3. The summed E-state index contributed by atoms with van der Waals surface area (Å²) in [5.74, 6) is 0.752. The van der Waals surface area contributed by atoms with Crippen LogP contribution < -0.4 is 10.1 Å². The fourth-order valence-corrected chi connectivity index (χ4v) is 4.04. The van der Waals surface area contributed by atoms with E-state index < -0.39 is 0 Å². The van der Waals surface area contributed by atoms with Crippen molar-refractivity contribution >= 4 is 23.4 Å². The summed E-state index contributed by atoms with van der Waals surface area (Å²) in [6.45, 7) is 5.27. The number of hydrogen-bond donors (Lipinski definition) is 1. The molecule has 2 fully saturated rings. The van der Waals surface area contributed by atoms with Gasteiger partial charge in [0.1, 0.15) is 11.9 Å². The van der Waals surface area contributed by atoms with E-state index in [2.05, 4.69) is 5.32 Å². The van der Waals surface area contributed by atoms with Gasteiger partial charge in [-0.25, -0.2) is 0 Å². The van der Waals surface area contributed by atoms with E-state index in [1.54, 1.807) is 18.2 Å². The summed E-state index contributed by atoms with van der Waals surface area (Å²) in [5, 5.41) is 3.53. The highest BCUT2D eigenvalue weighted by Crippen LogP contribution is 2.29. The molecule has 1 aromatic rings. The molecule has 2 amide bonds. The molecule has 1 aliphatic heterocycles. The van der Waals surface area contributed by atoms with E-state index in [0.717, 1.165) is 25.7 Å². The Morgan fingerprint density at radius 1 is 1.15 bits per heavy atom. The molecule has 3 rings (SSSR count). The van der Waals surface area contributed by atoms with Gasteiger partial charge >= 0.3 is 0 Å². The van der Waals surface area contributed by atoms with E-state index in [1.165, 1.54) is 12.8 Å². The molecule has 1 saturated heterocycles. The second-order valence-corrected chi connectivity index (χ2v) is 8.30. The standard InChI is InChI=1S/C21H29ClN2O3/c1-14(2)21(26)24-11-9-17(10-12-24)27-19-8-7-15(13-18(19)22)20(25)23-16-5-3-4-6-16/h7-8,13-14,16-17H,3-6,9-12H2,1-2H3,(H,23,25). The summed E-state index contributed by atoms with van der Waals surface area (Å²) in [5.41, 5.74) is 0.566. The van der Waals surface area contributed by atoms with Gasteiger partial charge in [0, 0.05) is 43.5 Å². The van der Waals surface area contributed by atoms with Gasteiger partial charge in [-0.3, -0.25) is 9.59 Å². The molecule has 0 spiro atoms. The van der Waals surface area contributed by atoms with Crippen LogP contribution in [0.15, 0.2) is 18.2 Å². The van der Waals surface area contributed by atoms with E-state index >= 15 is 0 Å². The van der Waals surface area contributed by atoms with Crippen LogP contribution in [-0.4, -0.2) is 41.9 Å². The third-order valence-corrected chi connectivity index (χ3v) is 5.72. The van der Waals surface area contributed by atoms with E-state index in [-0.39, 0.29) is 29.9 Å². The van der Waals surface area contributed by atoms with E-state index in [4.69, 9.17) is 16.3 Å². The number of ether oxygens (including phenoxy) is 1. The molecule has 6 heteroatoms. The van der Waals surface area contributed by atoms with Gasteiger partial charge in [0.15, 0.2) is 0 Å². The fraction of sp³-hybridized carbons (Fsp3) is 0.619. The Labute approximate surface area is 166 Å². The molecular formula is C21H29ClN2O3.